The predicted octanol–water partition coefficient (Wildman–Crippen LogP) is 3.29. The number of methoxy groups -OCH3 is 1. The molecule has 0 bridgehead atoms. The molecule has 1 fully saturated rings. The van der Waals surface area contributed by atoms with Crippen molar-refractivity contribution in [3.8, 4) is 0 Å². The van der Waals surface area contributed by atoms with E-state index in [0.717, 1.165) is 35.9 Å². The molecule has 134 valence electrons. The molecule has 2 aromatic rings. The van der Waals surface area contributed by atoms with Gasteiger partial charge in [0.1, 0.15) is 5.52 Å². The van der Waals surface area contributed by atoms with E-state index in [0.29, 0.717) is 12.3 Å². The van der Waals surface area contributed by atoms with Gasteiger partial charge in [-0.1, -0.05) is 13.3 Å². The number of oxazole rings is 1. The predicted molar refractivity (Wildman–Crippen MR) is 93.3 cm³/mol. The third-order valence-corrected chi connectivity index (χ3v) is 6.57. The van der Waals surface area contributed by atoms with Crippen LogP contribution in [-0.2, 0) is 21.4 Å². The van der Waals surface area contributed by atoms with Crippen molar-refractivity contribution in [2.24, 2.45) is 11.3 Å². The van der Waals surface area contributed by atoms with E-state index < -0.39 is 11.5 Å². The molecule has 1 saturated carbocycles. The molecule has 1 aromatic carbocycles. The van der Waals surface area contributed by atoms with Gasteiger partial charge in [0.2, 0.25) is 0 Å². The van der Waals surface area contributed by atoms with Crippen LogP contribution < -0.4 is 0 Å². The molecule has 1 aromatic heterocycles. The number of nitrogens with zero attached hydrogens (tertiary/aromatic N) is 1. The quantitative estimate of drug-likeness (QED) is 0.805. The summed E-state index contributed by atoms with van der Waals surface area (Å²) in [5, 5.41) is 11.0. The topological polar surface area (TPSA) is 72.6 Å². The Morgan fingerprint density at radius 1 is 1.36 bits per heavy atom. The molecular weight excluding hydrogens is 318 g/mol. The maximum atomic E-state index is 12.6. The minimum absolute atomic E-state index is 0.171. The fourth-order valence-corrected chi connectivity index (χ4v) is 5.63. The van der Waals surface area contributed by atoms with Crippen molar-refractivity contribution >= 4 is 17.1 Å². The number of aliphatic hydroxyl groups excluding tert-OH is 1. The van der Waals surface area contributed by atoms with E-state index in [2.05, 4.69) is 18.0 Å². The highest BCUT2D eigenvalue weighted by molar-refractivity contribution is 5.79. The fourth-order valence-electron chi connectivity index (χ4n) is 5.63. The molecule has 1 N–H and O–H groups in total. The van der Waals surface area contributed by atoms with Crippen LogP contribution in [0.4, 0.5) is 0 Å². The van der Waals surface area contributed by atoms with Gasteiger partial charge in [-0.25, -0.2) is 4.98 Å². The molecule has 2 aliphatic carbocycles. The average Bonchev–Trinajstić information content (AvgIpc) is 2.91. The number of fused-ring (bicyclic) bond motifs is 4. The van der Waals surface area contributed by atoms with Crippen molar-refractivity contribution in [3.63, 3.8) is 0 Å². The summed E-state index contributed by atoms with van der Waals surface area (Å²) in [6.45, 7) is 5.97. The van der Waals surface area contributed by atoms with Crippen LogP contribution in [0, 0.1) is 18.3 Å². The number of hydrogen-bond donors (Lipinski definition) is 1. The molecule has 25 heavy (non-hydrogen) atoms. The largest absolute Gasteiger partial charge is 0.469 e. The lowest BCUT2D eigenvalue weighted by Crippen LogP contribution is -2.58. The summed E-state index contributed by atoms with van der Waals surface area (Å²) in [5.41, 5.74) is 2.94. The van der Waals surface area contributed by atoms with E-state index >= 15 is 0 Å². The smallest absolute Gasteiger partial charge is 0.311 e. The summed E-state index contributed by atoms with van der Waals surface area (Å²) in [6.07, 6.45) is 2.57. The van der Waals surface area contributed by atoms with Crippen LogP contribution in [0.25, 0.3) is 11.1 Å². The van der Waals surface area contributed by atoms with E-state index in [4.69, 9.17) is 9.15 Å². The number of hydrogen-bond acceptors (Lipinski definition) is 5. The first kappa shape index (κ1) is 16.6. The lowest BCUT2D eigenvalue weighted by molar-refractivity contribution is -0.167. The standard InChI is InChI=1S/C20H25NO4/c1-11-21-14-8-12-9-15(22)17-19(2,13(12)10-16(14)25-11)6-5-7-20(17,3)18(23)24-4/h8,10,15,17,22H,5-7,9H2,1-4H3/t15-,17-,19-,20-/m1/s1. The Hall–Kier alpha value is -1.88. The van der Waals surface area contributed by atoms with E-state index in [9.17, 15) is 9.90 Å². The van der Waals surface area contributed by atoms with Gasteiger partial charge in [0, 0.05) is 12.8 Å². The third kappa shape index (κ3) is 2.18. The third-order valence-electron chi connectivity index (χ3n) is 6.57. The summed E-state index contributed by atoms with van der Waals surface area (Å²) in [6, 6.07) is 4.11. The second-order valence-electron chi connectivity index (χ2n) is 8.14. The van der Waals surface area contributed by atoms with Gasteiger partial charge in [-0.2, -0.15) is 0 Å². The van der Waals surface area contributed by atoms with Crippen LogP contribution in [0.3, 0.4) is 0 Å². The lowest BCUT2D eigenvalue weighted by Gasteiger charge is -2.55. The molecule has 4 rings (SSSR count). The summed E-state index contributed by atoms with van der Waals surface area (Å²) < 4.78 is 10.9. The number of rotatable bonds is 1. The molecular formula is C20H25NO4. The molecule has 4 atom stereocenters. The summed E-state index contributed by atoms with van der Waals surface area (Å²) in [5.74, 6) is 0.250. The number of ether oxygens (including phenoxy) is 1. The van der Waals surface area contributed by atoms with Crippen molar-refractivity contribution in [2.75, 3.05) is 7.11 Å². The molecule has 0 radical (unpaired) electrons. The number of aryl methyl sites for hydroxylation is 1. The van der Waals surface area contributed by atoms with Crippen LogP contribution in [0.2, 0.25) is 0 Å². The minimum Gasteiger partial charge on any atom is -0.469 e. The second-order valence-corrected chi connectivity index (χ2v) is 8.14. The number of aromatic nitrogens is 1. The van der Waals surface area contributed by atoms with Crippen molar-refractivity contribution in [2.45, 2.75) is 58.0 Å². The van der Waals surface area contributed by atoms with Crippen molar-refractivity contribution < 1.29 is 19.1 Å². The first-order valence-corrected chi connectivity index (χ1v) is 8.96. The lowest BCUT2D eigenvalue weighted by atomic mass is 9.49. The molecule has 5 heteroatoms. The summed E-state index contributed by atoms with van der Waals surface area (Å²) >= 11 is 0. The second kappa shape index (κ2) is 5.31. The number of esters is 1. The van der Waals surface area contributed by atoms with Gasteiger partial charge in [-0.3, -0.25) is 4.79 Å². The normalized spacial score (nSPS) is 34.4. The van der Waals surface area contributed by atoms with Gasteiger partial charge in [-0.05, 0) is 54.9 Å². The van der Waals surface area contributed by atoms with Gasteiger partial charge < -0.3 is 14.3 Å². The first-order chi connectivity index (χ1) is 11.8. The van der Waals surface area contributed by atoms with Crippen LogP contribution in [0.1, 0.15) is 50.1 Å². The van der Waals surface area contributed by atoms with Crippen LogP contribution >= 0.6 is 0 Å². The zero-order valence-corrected chi connectivity index (χ0v) is 15.3. The van der Waals surface area contributed by atoms with Crippen molar-refractivity contribution in [1.82, 2.24) is 4.98 Å². The Kier molecular flexibility index (Phi) is 3.52. The number of carbonyl (C=O) groups excluding carboxylic acids is 1. The first-order valence-electron chi connectivity index (χ1n) is 8.96. The van der Waals surface area contributed by atoms with Gasteiger partial charge in [-0.15, -0.1) is 0 Å². The Morgan fingerprint density at radius 3 is 2.84 bits per heavy atom. The molecule has 0 saturated heterocycles. The Labute approximate surface area is 147 Å². The molecule has 5 nitrogen and oxygen atoms in total. The van der Waals surface area contributed by atoms with E-state index in [1.807, 2.05) is 19.9 Å². The number of aliphatic hydroxyl groups is 1. The molecule has 0 spiro atoms. The monoisotopic (exact) mass is 343 g/mol. The van der Waals surface area contributed by atoms with Gasteiger partial charge in [0.15, 0.2) is 11.5 Å². The molecule has 0 amide bonds. The Balaban J connectivity index is 1.92. The zero-order valence-electron chi connectivity index (χ0n) is 15.3. The molecule has 1 heterocycles. The average molecular weight is 343 g/mol. The van der Waals surface area contributed by atoms with E-state index in [-0.39, 0.29) is 17.3 Å². The van der Waals surface area contributed by atoms with Crippen LogP contribution in [0.15, 0.2) is 16.5 Å². The van der Waals surface area contributed by atoms with Crippen molar-refractivity contribution in [1.29, 1.82) is 0 Å². The van der Waals surface area contributed by atoms with Crippen LogP contribution in [0.5, 0.6) is 0 Å². The number of benzene rings is 1. The Bertz CT molecular complexity index is 857. The minimum atomic E-state index is -0.675. The fraction of sp³-hybridized carbons (Fsp3) is 0.600. The molecule has 0 aliphatic heterocycles. The maximum absolute atomic E-state index is 12.6. The van der Waals surface area contributed by atoms with Crippen LogP contribution in [-0.4, -0.2) is 29.3 Å². The molecule has 2 aliphatic rings. The molecule has 0 unspecified atom stereocenters. The van der Waals surface area contributed by atoms with Gasteiger partial charge >= 0.3 is 5.97 Å². The highest BCUT2D eigenvalue weighted by Crippen LogP contribution is 2.58. The summed E-state index contributed by atoms with van der Waals surface area (Å²) in [4.78, 5) is 17.0. The zero-order chi connectivity index (χ0) is 18.0. The SMILES string of the molecule is COC(=O)[C@]1(C)CCC[C@]2(C)c3cc4oc(C)nc4cc3C[C@@H](O)[C@@H]12. The van der Waals surface area contributed by atoms with Gasteiger partial charge in [0.05, 0.1) is 18.6 Å². The summed E-state index contributed by atoms with van der Waals surface area (Å²) in [7, 11) is 1.43. The number of carbonyl (C=O) groups is 1. The highest BCUT2D eigenvalue weighted by atomic mass is 16.5. The highest BCUT2D eigenvalue weighted by Gasteiger charge is 2.59. The van der Waals surface area contributed by atoms with Crippen molar-refractivity contribution in [3.05, 3.63) is 29.2 Å². The van der Waals surface area contributed by atoms with E-state index in [1.165, 1.54) is 12.7 Å². The Morgan fingerprint density at radius 2 is 2.12 bits per heavy atom. The van der Waals surface area contributed by atoms with E-state index in [1.54, 1.807) is 0 Å². The van der Waals surface area contributed by atoms with Gasteiger partial charge in [0.25, 0.3) is 0 Å². The maximum Gasteiger partial charge on any atom is 0.311 e.